The molecule has 2 rings (SSSR count). The van der Waals surface area contributed by atoms with Crippen molar-refractivity contribution in [3.8, 4) is 17.2 Å². The molecule has 0 aliphatic carbocycles. The summed E-state index contributed by atoms with van der Waals surface area (Å²) < 4.78 is 53.7. The van der Waals surface area contributed by atoms with Crippen LogP contribution in [0.15, 0.2) is 48.5 Å². The van der Waals surface area contributed by atoms with Crippen LogP contribution < -0.4 is 9.47 Å². The van der Waals surface area contributed by atoms with Crippen LogP contribution in [-0.2, 0) is 10.9 Å². The van der Waals surface area contributed by atoms with Gasteiger partial charge in [-0.3, -0.25) is 5.41 Å². The van der Waals surface area contributed by atoms with Crippen LogP contribution in [0.1, 0.15) is 19.4 Å². The van der Waals surface area contributed by atoms with Crippen molar-refractivity contribution in [1.29, 1.82) is 5.41 Å². The molecule has 26 heavy (non-hydrogen) atoms. The molecule has 0 radical (unpaired) electrons. The Labute approximate surface area is 155 Å². The zero-order valence-electron chi connectivity index (χ0n) is 14.2. The maximum Gasteiger partial charge on any atom is 0.416 e. The summed E-state index contributed by atoms with van der Waals surface area (Å²) in [6.45, 7) is 3.88. The molecule has 0 amide bonds. The summed E-state index contributed by atoms with van der Waals surface area (Å²) >= 11 is 0. The lowest BCUT2D eigenvalue weighted by molar-refractivity contribution is -0.137. The Balaban J connectivity index is 0.00000338. The number of hydrogen-bond acceptors (Lipinski definition) is 4. The average Bonchev–Trinajstić information content (AvgIpc) is 2.56. The predicted octanol–water partition coefficient (Wildman–Crippen LogP) is 5.70. The van der Waals surface area contributed by atoms with E-state index < -0.39 is 17.8 Å². The van der Waals surface area contributed by atoms with Crippen molar-refractivity contribution >= 4 is 18.3 Å². The highest BCUT2D eigenvalue weighted by molar-refractivity contribution is 5.85. The van der Waals surface area contributed by atoms with Crippen molar-refractivity contribution in [1.82, 2.24) is 0 Å². The van der Waals surface area contributed by atoms with Crippen molar-refractivity contribution in [3.05, 3.63) is 54.1 Å². The molecule has 0 fully saturated rings. The second-order valence-corrected chi connectivity index (χ2v) is 5.15. The minimum absolute atomic E-state index is 0. The summed E-state index contributed by atoms with van der Waals surface area (Å²) in [6, 6.07) is 11.0. The fraction of sp³-hybridized carbons (Fsp3) is 0.278. The molecule has 0 saturated heterocycles. The number of ether oxygens (including phenoxy) is 3. The Morgan fingerprint density at radius 2 is 1.42 bits per heavy atom. The number of hydrogen-bond donors (Lipinski definition) is 1. The van der Waals surface area contributed by atoms with Crippen LogP contribution in [0.3, 0.4) is 0 Å². The van der Waals surface area contributed by atoms with Crippen LogP contribution in [-0.4, -0.2) is 18.6 Å². The van der Waals surface area contributed by atoms with Crippen LogP contribution in [0.25, 0.3) is 0 Å². The van der Waals surface area contributed by atoms with Gasteiger partial charge in [0.1, 0.15) is 17.2 Å². The summed E-state index contributed by atoms with van der Waals surface area (Å²) in [5, 5.41) is 7.64. The average molecular weight is 390 g/mol. The first-order valence-corrected chi connectivity index (χ1v) is 7.62. The summed E-state index contributed by atoms with van der Waals surface area (Å²) in [6.07, 6.45) is -4.90. The largest absolute Gasteiger partial charge is 0.481 e. The van der Waals surface area contributed by atoms with Gasteiger partial charge in [0.15, 0.2) is 6.10 Å². The molecule has 0 aromatic heterocycles. The van der Waals surface area contributed by atoms with Crippen LogP contribution in [0.4, 0.5) is 13.2 Å². The van der Waals surface area contributed by atoms with Crippen LogP contribution in [0.2, 0.25) is 0 Å². The van der Waals surface area contributed by atoms with Gasteiger partial charge in [-0.15, -0.1) is 12.4 Å². The monoisotopic (exact) mass is 389 g/mol. The highest BCUT2D eigenvalue weighted by Gasteiger charge is 2.30. The lowest BCUT2D eigenvalue weighted by atomic mass is 10.2. The van der Waals surface area contributed by atoms with Crippen LogP contribution in [0.5, 0.6) is 17.2 Å². The normalized spacial score (nSPS) is 11.9. The Morgan fingerprint density at radius 1 is 0.962 bits per heavy atom. The quantitative estimate of drug-likeness (QED) is 0.509. The van der Waals surface area contributed by atoms with E-state index >= 15 is 0 Å². The zero-order valence-corrected chi connectivity index (χ0v) is 15.0. The van der Waals surface area contributed by atoms with Gasteiger partial charge in [0.25, 0.3) is 0 Å². The molecule has 4 nitrogen and oxygen atoms in total. The van der Waals surface area contributed by atoms with Gasteiger partial charge in [-0.2, -0.15) is 13.2 Å². The highest BCUT2D eigenvalue weighted by atomic mass is 35.5. The molecule has 0 heterocycles. The number of benzene rings is 2. The van der Waals surface area contributed by atoms with Crippen molar-refractivity contribution in [2.24, 2.45) is 0 Å². The molecule has 0 saturated carbocycles. The van der Waals surface area contributed by atoms with Crippen LogP contribution >= 0.6 is 12.4 Å². The number of rotatable bonds is 6. The lowest BCUT2D eigenvalue weighted by Gasteiger charge is -2.16. The Bertz CT molecular complexity index is 703. The Kier molecular flexibility index (Phi) is 7.76. The van der Waals surface area contributed by atoms with Gasteiger partial charge in [-0.25, -0.2) is 0 Å². The molecule has 0 spiro atoms. The molecule has 1 unspecified atom stereocenters. The molecule has 142 valence electrons. The van der Waals surface area contributed by atoms with E-state index in [0.29, 0.717) is 23.9 Å². The third-order valence-corrected chi connectivity index (χ3v) is 3.22. The van der Waals surface area contributed by atoms with Gasteiger partial charge >= 0.3 is 6.18 Å². The first-order valence-electron chi connectivity index (χ1n) is 7.62. The van der Waals surface area contributed by atoms with Crippen LogP contribution in [0, 0.1) is 5.41 Å². The summed E-state index contributed by atoms with van der Waals surface area (Å²) in [5.41, 5.74) is -0.727. The predicted molar refractivity (Wildman–Crippen MR) is 94.7 cm³/mol. The second kappa shape index (κ2) is 9.33. The Hall–Kier alpha value is -2.41. The van der Waals surface area contributed by atoms with Gasteiger partial charge < -0.3 is 14.2 Å². The number of nitrogens with one attached hydrogen (secondary N) is 1. The van der Waals surface area contributed by atoms with E-state index in [2.05, 4.69) is 0 Å². The molecular weight excluding hydrogens is 371 g/mol. The minimum Gasteiger partial charge on any atom is -0.481 e. The van der Waals surface area contributed by atoms with E-state index in [-0.39, 0.29) is 18.3 Å². The van der Waals surface area contributed by atoms with E-state index in [0.717, 1.165) is 12.1 Å². The standard InChI is InChI=1S/C18H18F3NO3.ClH/c1-3-23-17(22)12(2)24-14-8-10-16(11-9-14)25-15-6-4-13(5-7-15)18(19,20)21;/h4-12,22H,3H2,1-2H3;1H. The maximum absolute atomic E-state index is 12.5. The van der Waals surface area contributed by atoms with E-state index in [1.54, 1.807) is 38.1 Å². The second-order valence-electron chi connectivity index (χ2n) is 5.15. The Morgan fingerprint density at radius 3 is 1.88 bits per heavy atom. The number of halogens is 4. The van der Waals surface area contributed by atoms with Crippen molar-refractivity contribution in [2.75, 3.05) is 6.61 Å². The molecule has 8 heteroatoms. The number of alkyl halides is 3. The molecule has 0 aliphatic rings. The summed E-state index contributed by atoms with van der Waals surface area (Å²) in [7, 11) is 0. The van der Waals surface area contributed by atoms with Gasteiger partial charge in [0.05, 0.1) is 12.2 Å². The molecular formula is C18H19ClF3NO3. The van der Waals surface area contributed by atoms with Crippen molar-refractivity contribution in [3.63, 3.8) is 0 Å². The molecule has 2 aromatic carbocycles. The fourth-order valence-electron chi connectivity index (χ4n) is 1.96. The minimum atomic E-state index is -4.37. The van der Waals surface area contributed by atoms with E-state index in [1.807, 2.05) is 0 Å². The first-order chi connectivity index (χ1) is 11.8. The third-order valence-electron chi connectivity index (χ3n) is 3.22. The molecule has 0 aliphatic heterocycles. The SMILES string of the molecule is CCOC(=N)C(C)Oc1ccc(Oc2ccc(C(F)(F)F)cc2)cc1.Cl. The van der Waals surface area contributed by atoms with Gasteiger partial charge in [0, 0.05) is 0 Å². The summed E-state index contributed by atoms with van der Waals surface area (Å²) in [4.78, 5) is 0. The summed E-state index contributed by atoms with van der Waals surface area (Å²) in [5.74, 6) is 1.32. The van der Waals surface area contributed by atoms with Gasteiger partial charge in [0.2, 0.25) is 5.90 Å². The fourth-order valence-corrected chi connectivity index (χ4v) is 1.96. The van der Waals surface area contributed by atoms with E-state index in [1.165, 1.54) is 12.1 Å². The van der Waals surface area contributed by atoms with E-state index in [4.69, 9.17) is 19.6 Å². The highest BCUT2D eigenvalue weighted by Crippen LogP contribution is 2.31. The van der Waals surface area contributed by atoms with Gasteiger partial charge in [-0.05, 0) is 62.4 Å². The van der Waals surface area contributed by atoms with E-state index in [9.17, 15) is 13.2 Å². The van der Waals surface area contributed by atoms with Crippen molar-refractivity contribution < 1.29 is 27.4 Å². The first kappa shape index (κ1) is 21.6. The topological polar surface area (TPSA) is 51.5 Å². The van der Waals surface area contributed by atoms with Gasteiger partial charge in [-0.1, -0.05) is 0 Å². The lowest BCUT2D eigenvalue weighted by Crippen LogP contribution is -2.25. The molecule has 0 bridgehead atoms. The molecule has 1 N–H and O–H groups in total. The molecule has 1 atom stereocenters. The van der Waals surface area contributed by atoms with Crippen molar-refractivity contribution in [2.45, 2.75) is 26.1 Å². The smallest absolute Gasteiger partial charge is 0.416 e. The third kappa shape index (κ3) is 6.15. The molecule has 2 aromatic rings. The zero-order chi connectivity index (χ0) is 18.4. The maximum atomic E-state index is 12.5.